The first-order valence-electron chi connectivity index (χ1n) is 9.10. The molecule has 4 rings (SSSR count). The summed E-state index contributed by atoms with van der Waals surface area (Å²) >= 11 is 0. The Morgan fingerprint density at radius 1 is 1.21 bits per heavy atom. The highest BCUT2D eigenvalue weighted by molar-refractivity contribution is 5.72. The topological polar surface area (TPSA) is 74.5 Å². The predicted molar refractivity (Wildman–Crippen MR) is 103 cm³/mol. The van der Waals surface area contributed by atoms with Gasteiger partial charge in [-0.25, -0.2) is 9.18 Å². The lowest BCUT2D eigenvalue weighted by Crippen LogP contribution is -2.45. The molecule has 0 fully saturated rings. The number of halogens is 1. The van der Waals surface area contributed by atoms with Gasteiger partial charge in [0.2, 0.25) is 0 Å². The molecule has 0 saturated heterocycles. The molecule has 1 N–H and O–H groups in total. The zero-order valence-corrected chi connectivity index (χ0v) is 15.7. The van der Waals surface area contributed by atoms with Gasteiger partial charge < -0.3 is 20.0 Å². The van der Waals surface area contributed by atoms with Crippen LogP contribution in [0.3, 0.4) is 0 Å². The molecule has 0 spiro atoms. The smallest absolute Gasteiger partial charge is 0.408 e. The highest BCUT2D eigenvalue weighted by Gasteiger charge is 2.42. The summed E-state index contributed by atoms with van der Waals surface area (Å²) in [7, 11) is 0. The molecule has 1 atom stereocenters. The fourth-order valence-corrected chi connectivity index (χ4v) is 3.35. The number of ether oxygens (including phenoxy) is 2. The lowest BCUT2D eigenvalue weighted by atomic mass is 9.94. The third-order valence-corrected chi connectivity index (χ3v) is 4.86. The van der Waals surface area contributed by atoms with Crippen molar-refractivity contribution in [1.29, 1.82) is 0 Å². The Bertz CT molecular complexity index is 1040. The molecule has 2 heterocycles. The fourth-order valence-electron chi connectivity index (χ4n) is 3.35. The maximum Gasteiger partial charge on any atom is 0.408 e. The van der Waals surface area contributed by atoms with E-state index in [-0.39, 0.29) is 18.9 Å². The van der Waals surface area contributed by atoms with Crippen LogP contribution in [0.1, 0.15) is 18.1 Å². The number of pyridine rings is 1. The number of nitrogens with one attached hydrogen (secondary N) is 1. The number of amides is 1. The van der Waals surface area contributed by atoms with Gasteiger partial charge in [-0.05, 0) is 36.8 Å². The lowest BCUT2D eigenvalue weighted by Gasteiger charge is -2.23. The zero-order chi connectivity index (χ0) is 20.4. The van der Waals surface area contributed by atoms with E-state index < -0.39 is 17.4 Å². The standard InChI is InChI=1S/C22H19FN2O4/c1-22(24-21(26)28-13-15-5-3-2-4-6-15)14-29-20-18(22)11-12-25(27)19(20)16-7-9-17(23)10-8-16/h2-12H,13-14H2,1H3,(H,24,26). The largest absolute Gasteiger partial charge is 0.618 e. The van der Waals surface area contributed by atoms with Gasteiger partial charge in [-0.3, -0.25) is 0 Å². The Morgan fingerprint density at radius 2 is 1.93 bits per heavy atom. The molecule has 1 aromatic heterocycles. The van der Waals surface area contributed by atoms with Crippen molar-refractivity contribution >= 4 is 6.09 Å². The molecule has 6 nitrogen and oxygen atoms in total. The van der Waals surface area contributed by atoms with Gasteiger partial charge in [-0.1, -0.05) is 30.3 Å². The maximum atomic E-state index is 13.3. The summed E-state index contributed by atoms with van der Waals surface area (Å²) in [4.78, 5) is 12.3. The highest BCUT2D eigenvalue weighted by Crippen LogP contribution is 2.41. The van der Waals surface area contributed by atoms with E-state index in [9.17, 15) is 14.4 Å². The minimum absolute atomic E-state index is 0.140. The number of carbonyl (C=O) groups excluding carboxylic acids is 1. The van der Waals surface area contributed by atoms with Crippen molar-refractivity contribution in [3.8, 4) is 17.0 Å². The molecule has 2 aromatic carbocycles. The van der Waals surface area contributed by atoms with Crippen LogP contribution < -0.4 is 14.8 Å². The second-order valence-corrected chi connectivity index (χ2v) is 7.05. The molecule has 1 aliphatic heterocycles. The van der Waals surface area contributed by atoms with Gasteiger partial charge in [0.1, 0.15) is 24.6 Å². The van der Waals surface area contributed by atoms with Crippen LogP contribution in [-0.4, -0.2) is 12.7 Å². The van der Waals surface area contributed by atoms with Crippen LogP contribution in [0.25, 0.3) is 11.3 Å². The molecule has 0 aliphatic carbocycles. The van der Waals surface area contributed by atoms with Crippen LogP contribution >= 0.6 is 0 Å². The first-order valence-corrected chi connectivity index (χ1v) is 9.10. The van der Waals surface area contributed by atoms with Gasteiger partial charge >= 0.3 is 6.09 Å². The van der Waals surface area contributed by atoms with Crippen LogP contribution in [0.2, 0.25) is 0 Å². The van der Waals surface area contributed by atoms with E-state index in [2.05, 4.69) is 5.32 Å². The van der Waals surface area contributed by atoms with Crippen LogP contribution in [0.4, 0.5) is 9.18 Å². The Balaban J connectivity index is 1.56. The highest BCUT2D eigenvalue weighted by atomic mass is 19.1. The molecular weight excluding hydrogens is 375 g/mol. The van der Waals surface area contributed by atoms with Crippen LogP contribution in [0.5, 0.6) is 5.75 Å². The SMILES string of the molecule is CC1(NC(=O)OCc2ccccc2)COc2c1cc[n+]([O-])c2-c1ccc(F)cc1. The van der Waals surface area contributed by atoms with E-state index in [1.807, 2.05) is 30.3 Å². The molecule has 148 valence electrons. The number of alkyl carbamates (subject to hydrolysis) is 1. The molecule has 29 heavy (non-hydrogen) atoms. The van der Waals surface area contributed by atoms with Crippen LogP contribution in [0.15, 0.2) is 66.9 Å². The van der Waals surface area contributed by atoms with Gasteiger partial charge in [-0.15, -0.1) is 0 Å². The van der Waals surface area contributed by atoms with E-state index in [1.54, 1.807) is 13.0 Å². The first-order chi connectivity index (χ1) is 14.0. The average Bonchev–Trinajstić information content (AvgIpc) is 3.04. The number of hydrogen-bond donors (Lipinski definition) is 1. The molecular formula is C22H19FN2O4. The summed E-state index contributed by atoms with van der Waals surface area (Å²) in [6.07, 6.45) is 0.761. The van der Waals surface area contributed by atoms with Gasteiger partial charge in [-0.2, -0.15) is 4.73 Å². The zero-order valence-electron chi connectivity index (χ0n) is 15.7. The van der Waals surface area contributed by atoms with E-state index >= 15 is 0 Å². The summed E-state index contributed by atoms with van der Waals surface area (Å²) in [5.41, 5.74) is 1.45. The number of nitrogens with zero attached hydrogens (tertiary/aromatic N) is 1. The first kappa shape index (κ1) is 18.7. The van der Waals surface area contributed by atoms with Crippen LogP contribution in [-0.2, 0) is 16.9 Å². The number of rotatable bonds is 4. The van der Waals surface area contributed by atoms with Crippen molar-refractivity contribution in [2.75, 3.05) is 6.61 Å². The minimum atomic E-state index is -0.869. The van der Waals surface area contributed by atoms with E-state index in [0.29, 0.717) is 21.6 Å². The number of aromatic nitrogens is 1. The summed E-state index contributed by atoms with van der Waals surface area (Å²) in [5.74, 6) is -0.0349. The Morgan fingerprint density at radius 3 is 2.66 bits per heavy atom. The maximum absolute atomic E-state index is 13.3. The van der Waals surface area contributed by atoms with Gasteiger partial charge in [0, 0.05) is 11.6 Å². The Labute approximate surface area is 167 Å². The molecule has 0 bridgehead atoms. The predicted octanol–water partition coefficient (Wildman–Crippen LogP) is 3.66. The molecule has 1 aliphatic rings. The minimum Gasteiger partial charge on any atom is -0.618 e. The van der Waals surface area contributed by atoms with Crippen LogP contribution in [0, 0.1) is 11.0 Å². The van der Waals surface area contributed by atoms with Gasteiger partial charge in [0.05, 0.1) is 5.56 Å². The molecule has 1 amide bonds. The summed E-state index contributed by atoms with van der Waals surface area (Å²) in [6.45, 7) is 2.08. The van der Waals surface area contributed by atoms with Gasteiger partial charge in [0.15, 0.2) is 11.9 Å². The van der Waals surface area contributed by atoms with E-state index in [4.69, 9.17) is 9.47 Å². The quantitative estimate of drug-likeness (QED) is 0.541. The molecule has 0 saturated carbocycles. The fraction of sp³-hybridized carbons (Fsp3) is 0.182. The molecule has 7 heteroatoms. The monoisotopic (exact) mass is 394 g/mol. The molecule has 1 unspecified atom stereocenters. The second kappa shape index (κ2) is 7.43. The normalized spacial score (nSPS) is 17.3. The van der Waals surface area contributed by atoms with Crippen molar-refractivity contribution in [1.82, 2.24) is 5.32 Å². The van der Waals surface area contributed by atoms with Crippen molar-refractivity contribution in [2.45, 2.75) is 19.1 Å². The summed E-state index contributed by atoms with van der Waals surface area (Å²) < 4.78 is 25.0. The van der Waals surface area contributed by atoms with Crippen molar-refractivity contribution in [3.05, 3.63) is 89.0 Å². The van der Waals surface area contributed by atoms with Gasteiger partial charge in [0.25, 0.3) is 5.69 Å². The summed E-state index contributed by atoms with van der Waals surface area (Å²) in [5, 5.41) is 15.2. The Hall–Kier alpha value is -3.61. The third-order valence-electron chi connectivity index (χ3n) is 4.86. The Kier molecular flexibility index (Phi) is 4.80. The number of hydrogen-bond acceptors (Lipinski definition) is 4. The number of carbonyl (C=O) groups is 1. The van der Waals surface area contributed by atoms with Crippen molar-refractivity contribution in [3.63, 3.8) is 0 Å². The van der Waals surface area contributed by atoms with Crippen molar-refractivity contribution < 1.29 is 23.4 Å². The number of benzene rings is 2. The third kappa shape index (κ3) is 3.71. The summed E-state index contributed by atoms with van der Waals surface area (Å²) in [6, 6.07) is 16.6. The van der Waals surface area contributed by atoms with Crippen molar-refractivity contribution in [2.24, 2.45) is 0 Å². The molecule has 3 aromatic rings. The average molecular weight is 394 g/mol. The van der Waals surface area contributed by atoms with E-state index in [0.717, 1.165) is 5.56 Å². The lowest BCUT2D eigenvalue weighted by molar-refractivity contribution is -0.594. The van der Waals surface area contributed by atoms with E-state index in [1.165, 1.54) is 30.5 Å². The molecule has 0 radical (unpaired) electrons. The second-order valence-electron chi connectivity index (χ2n) is 7.05. The number of fused-ring (bicyclic) bond motifs is 1.